The first-order valence-corrected chi connectivity index (χ1v) is 6.94. The predicted molar refractivity (Wildman–Crippen MR) is 72.4 cm³/mol. The van der Waals surface area contributed by atoms with Gasteiger partial charge in [-0.3, -0.25) is 0 Å². The predicted octanol–water partition coefficient (Wildman–Crippen LogP) is 3.17. The third-order valence-corrected chi connectivity index (χ3v) is 4.53. The Labute approximate surface area is 102 Å². The molecule has 0 bridgehead atoms. The topological polar surface area (TPSA) is 38.4 Å². The lowest BCUT2D eigenvalue weighted by atomic mass is 9.66. The molecule has 2 rings (SSSR count). The maximum Gasteiger partial charge on any atom is 0.159 e. The average Bonchev–Trinajstić information content (AvgIpc) is 2.26. The van der Waals surface area contributed by atoms with Gasteiger partial charge in [-0.2, -0.15) is 0 Å². The molecule has 2 nitrogen and oxygen atoms in total. The maximum atomic E-state index is 5.79. The number of nitrogens with zero attached hydrogens (tertiary/aromatic N) is 1. The van der Waals surface area contributed by atoms with Crippen molar-refractivity contribution in [3.63, 3.8) is 0 Å². The molecule has 0 aromatic carbocycles. The Bertz CT molecular complexity index is 360. The molecule has 1 aliphatic heterocycles. The molecule has 0 saturated heterocycles. The Morgan fingerprint density at radius 3 is 2.62 bits per heavy atom. The lowest BCUT2D eigenvalue weighted by Crippen LogP contribution is -2.31. The third kappa shape index (κ3) is 2.19. The van der Waals surface area contributed by atoms with Crippen molar-refractivity contribution >= 4 is 16.9 Å². The summed E-state index contributed by atoms with van der Waals surface area (Å²) in [7, 11) is 0. The quantitative estimate of drug-likeness (QED) is 0.759. The smallest absolute Gasteiger partial charge is 0.159 e. The summed E-state index contributed by atoms with van der Waals surface area (Å²) in [6.45, 7) is 6.72. The van der Waals surface area contributed by atoms with Gasteiger partial charge in [0, 0.05) is 5.75 Å². The third-order valence-electron chi connectivity index (χ3n) is 3.69. The molecular formula is C13H20N2S. The summed E-state index contributed by atoms with van der Waals surface area (Å²) in [6, 6.07) is 0. The molecule has 1 aliphatic carbocycles. The van der Waals surface area contributed by atoms with Crippen LogP contribution in [0.25, 0.3) is 0 Å². The van der Waals surface area contributed by atoms with Gasteiger partial charge in [0.1, 0.15) is 0 Å². The first-order valence-electron chi connectivity index (χ1n) is 5.96. The van der Waals surface area contributed by atoms with Crippen LogP contribution in [0, 0.1) is 17.8 Å². The van der Waals surface area contributed by atoms with Gasteiger partial charge in [0.2, 0.25) is 0 Å². The molecule has 2 unspecified atom stereocenters. The van der Waals surface area contributed by atoms with Crippen LogP contribution >= 0.6 is 11.8 Å². The number of allylic oxidation sites excluding steroid dienone is 3. The van der Waals surface area contributed by atoms with Gasteiger partial charge >= 0.3 is 0 Å². The number of nitrogens with two attached hydrogens (primary N) is 1. The summed E-state index contributed by atoms with van der Waals surface area (Å²) < 4.78 is 0. The van der Waals surface area contributed by atoms with Crippen molar-refractivity contribution in [1.29, 1.82) is 0 Å². The van der Waals surface area contributed by atoms with E-state index in [0.29, 0.717) is 11.1 Å². The van der Waals surface area contributed by atoms with Gasteiger partial charge in [0.15, 0.2) is 5.17 Å². The van der Waals surface area contributed by atoms with Crippen LogP contribution in [0.5, 0.6) is 0 Å². The second-order valence-electron chi connectivity index (χ2n) is 4.87. The molecule has 0 amide bonds. The van der Waals surface area contributed by atoms with Crippen molar-refractivity contribution in [3.05, 3.63) is 23.4 Å². The summed E-state index contributed by atoms with van der Waals surface area (Å²) in [4.78, 5) is 4.48. The van der Waals surface area contributed by atoms with Gasteiger partial charge in [-0.1, -0.05) is 37.8 Å². The highest BCUT2D eigenvalue weighted by molar-refractivity contribution is 8.14. The first-order chi connectivity index (χ1) is 7.61. The summed E-state index contributed by atoms with van der Waals surface area (Å²) in [5.41, 5.74) is 8.23. The Hall–Kier alpha value is -0.700. The number of hydrogen-bond acceptors (Lipinski definition) is 3. The molecule has 88 valence electrons. The average molecular weight is 236 g/mol. The maximum absolute atomic E-state index is 5.79. The zero-order valence-corrected chi connectivity index (χ0v) is 11.1. The monoisotopic (exact) mass is 236 g/mol. The number of hydrogen-bond donors (Lipinski definition) is 1. The Balaban J connectivity index is 2.23. The minimum Gasteiger partial charge on any atom is -0.378 e. The van der Waals surface area contributed by atoms with Gasteiger partial charge in [-0.25, -0.2) is 4.99 Å². The van der Waals surface area contributed by atoms with Crippen molar-refractivity contribution in [2.24, 2.45) is 28.5 Å². The van der Waals surface area contributed by atoms with Crippen LogP contribution in [-0.4, -0.2) is 10.9 Å². The largest absolute Gasteiger partial charge is 0.378 e. The lowest BCUT2D eigenvalue weighted by molar-refractivity contribution is 0.147. The van der Waals surface area contributed by atoms with E-state index in [1.54, 1.807) is 11.8 Å². The van der Waals surface area contributed by atoms with Gasteiger partial charge < -0.3 is 5.73 Å². The minimum atomic E-state index is 0.685. The highest BCUT2D eigenvalue weighted by Crippen LogP contribution is 2.42. The molecule has 1 heterocycles. The van der Waals surface area contributed by atoms with Gasteiger partial charge in [0.25, 0.3) is 0 Å². The number of rotatable bonds is 1. The zero-order chi connectivity index (χ0) is 11.7. The molecule has 0 spiro atoms. The van der Waals surface area contributed by atoms with Crippen LogP contribution in [0.4, 0.5) is 0 Å². The van der Waals surface area contributed by atoms with Crippen LogP contribution in [0.2, 0.25) is 0 Å². The molecule has 2 aliphatic rings. The fourth-order valence-electron chi connectivity index (χ4n) is 2.60. The van der Waals surface area contributed by atoms with Crippen LogP contribution in [0.3, 0.4) is 0 Å². The fraction of sp³-hybridized carbons (Fsp3) is 0.615. The molecule has 0 radical (unpaired) electrons. The SMILES string of the molecule is C/C=C1/CSC(N)=N/C1=C/C1C(C)CC1C. The molecule has 2 N–H and O–H groups in total. The molecule has 0 aromatic rings. The normalized spacial score (nSPS) is 39.7. The number of aliphatic imine (C=N–C) groups is 1. The highest BCUT2D eigenvalue weighted by atomic mass is 32.2. The minimum absolute atomic E-state index is 0.685. The van der Waals surface area contributed by atoms with Crippen LogP contribution < -0.4 is 5.73 Å². The molecule has 3 heteroatoms. The molecule has 1 saturated carbocycles. The lowest BCUT2D eigenvalue weighted by Gasteiger charge is -2.39. The van der Waals surface area contributed by atoms with Crippen molar-refractivity contribution in [2.75, 3.05) is 5.75 Å². The van der Waals surface area contributed by atoms with E-state index in [-0.39, 0.29) is 0 Å². The van der Waals surface area contributed by atoms with E-state index in [1.807, 2.05) is 0 Å². The fourth-order valence-corrected chi connectivity index (χ4v) is 3.38. The van der Waals surface area contributed by atoms with Crippen LogP contribution in [0.15, 0.2) is 28.4 Å². The standard InChI is InChI=1S/C13H20N2S/c1-4-10-7-16-13(14)15-12(10)6-11-8(2)5-9(11)3/h4,6,8-9,11H,5,7H2,1-3H3,(H2,14,15)/b10-4-,12-6+. The number of thioether (sulfide) groups is 1. The van der Waals surface area contributed by atoms with Crippen LogP contribution in [0.1, 0.15) is 27.2 Å². The summed E-state index contributed by atoms with van der Waals surface area (Å²) >= 11 is 1.63. The molecule has 16 heavy (non-hydrogen) atoms. The first kappa shape index (κ1) is 11.8. The van der Waals surface area contributed by atoms with Crippen molar-refractivity contribution < 1.29 is 0 Å². The summed E-state index contributed by atoms with van der Waals surface area (Å²) in [5.74, 6) is 3.25. The second kappa shape index (κ2) is 4.66. The van der Waals surface area contributed by atoms with Gasteiger partial charge in [-0.05, 0) is 36.7 Å². The Kier molecular flexibility index (Phi) is 3.43. The molecule has 2 atom stereocenters. The van der Waals surface area contributed by atoms with E-state index >= 15 is 0 Å². The second-order valence-corrected chi connectivity index (χ2v) is 5.87. The zero-order valence-electron chi connectivity index (χ0n) is 10.2. The van der Waals surface area contributed by atoms with Gasteiger partial charge in [-0.15, -0.1) is 0 Å². The van der Waals surface area contributed by atoms with E-state index < -0.39 is 0 Å². The van der Waals surface area contributed by atoms with Gasteiger partial charge in [0.05, 0.1) is 5.70 Å². The Morgan fingerprint density at radius 1 is 1.38 bits per heavy atom. The summed E-state index contributed by atoms with van der Waals surface area (Å²) in [5, 5.41) is 0.705. The van der Waals surface area contributed by atoms with E-state index in [0.717, 1.165) is 23.3 Å². The van der Waals surface area contributed by atoms with Crippen LogP contribution in [-0.2, 0) is 0 Å². The molecule has 1 fully saturated rings. The van der Waals surface area contributed by atoms with E-state index in [9.17, 15) is 0 Å². The van der Waals surface area contributed by atoms with E-state index in [4.69, 9.17) is 5.73 Å². The van der Waals surface area contributed by atoms with Crippen molar-refractivity contribution in [2.45, 2.75) is 27.2 Å². The Morgan fingerprint density at radius 2 is 2.06 bits per heavy atom. The van der Waals surface area contributed by atoms with E-state index in [2.05, 4.69) is 37.9 Å². The number of amidine groups is 1. The van der Waals surface area contributed by atoms with Crippen molar-refractivity contribution in [1.82, 2.24) is 0 Å². The molecular weight excluding hydrogens is 216 g/mol. The summed E-state index contributed by atoms with van der Waals surface area (Å²) in [6.07, 6.45) is 5.83. The highest BCUT2D eigenvalue weighted by Gasteiger charge is 2.33. The van der Waals surface area contributed by atoms with Crippen molar-refractivity contribution in [3.8, 4) is 0 Å². The van der Waals surface area contributed by atoms with E-state index in [1.165, 1.54) is 12.0 Å². The molecule has 0 aromatic heterocycles.